The van der Waals surface area contributed by atoms with Crippen LogP contribution < -0.4 is 0 Å². The number of aliphatic hydroxyl groups excluding tert-OH is 1. The molecule has 0 radical (unpaired) electrons. The number of benzene rings is 1. The quantitative estimate of drug-likeness (QED) is 0.941. The number of hydrogen-bond acceptors (Lipinski definition) is 2. The second kappa shape index (κ2) is 5.47. The van der Waals surface area contributed by atoms with Gasteiger partial charge < -0.3 is 9.67 Å². The van der Waals surface area contributed by atoms with Crippen LogP contribution in [0.5, 0.6) is 0 Å². The molecule has 0 aliphatic carbocycles. The van der Waals surface area contributed by atoms with Gasteiger partial charge in [0.25, 0.3) is 0 Å². The van der Waals surface area contributed by atoms with E-state index in [9.17, 15) is 5.11 Å². The number of imidazole rings is 1. The lowest BCUT2D eigenvalue weighted by Gasteiger charge is -2.13. The van der Waals surface area contributed by atoms with Crippen LogP contribution in [0, 0.1) is 0 Å². The summed E-state index contributed by atoms with van der Waals surface area (Å²) in [6.45, 7) is 2.61. The van der Waals surface area contributed by atoms with Gasteiger partial charge in [-0.05, 0) is 17.7 Å². The third-order valence-corrected chi connectivity index (χ3v) is 3.27. The first-order valence-electron chi connectivity index (χ1n) is 5.64. The van der Waals surface area contributed by atoms with Crippen LogP contribution in [0.25, 0.3) is 0 Å². The minimum absolute atomic E-state index is 0.498. The first-order valence-corrected chi connectivity index (χ1v) is 6.43. The molecular formula is C13H15BrN2O. The lowest BCUT2D eigenvalue weighted by molar-refractivity contribution is 0.155. The van der Waals surface area contributed by atoms with Crippen molar-refractivity contribution in [3.63, 3.8) is 0 Å². The van der Waals surface area contributed by atoms with Crippen molar-refractivity contribution in [1.29, 1.82) is 0 Å². The maximum Gasteiger partial charge on any atom is 0.108 e. The van der Waals surface area contributed by atoms with Crippen molar-refractivity contribution in [1.82, 2.24) is 9.55 Å². The maximum absolute atomic E-state index is 10.1. The highest BCUT2D eigenvalue weighted by molar-refractivity contribution is 9.10. The minimum Gasteiger partial charge on any atom is -0.387 e. The number of rotatable bonds is 4. The molecule has 0 spiro atoms. The zero-order valence-corrected chi connectivity index (χ0v) is 11.3. The Labute approximate surface area is 109 Å². The third kappa shape index (κ3) is 2.96. The summed E-state index contributed by atoms with van der Waals surface area (Å²) in [6.07, 6.45) is 4.05. The summed E-state index contributed by atoms with van der Waals surface area (Å²) in [4.78, 5) is 4.24. The summed E-state index contributed by atoms with van der Waals surface area (Å²) in [6, 6.07) is 7.73. The van der Waals surface area contributed by atoms with E-state index in [-0.39, 0.29) is 0 Å². The molecule has 3 nitrogen and oxygen atoms in total. The second-order valence-electron chi connectivity index (χ2n) is 3.92. The lowest BCUT2D eigenvalue weighted by atomic mass is 10.1. The molecule has 0 amide bonds. The Bertz CT molecular complexity index is 478. The van der Waals surface area contributed by atoms with E-state index in [0.717, 1.165) is 22.3 Å². The van der Waals surface area contributed by atoms with Gasteiger partial charge in [0, 0.05) is 23.3 Å². The zero-order valence-electron chi connectivity index (χ0n) is 9.68. The smallest absolute Gasteiger partial charge is 0.108 e. The van der Waals surface area contributed by atoms with Gasteiger partial charge in [0.2, 0.25) is 0 Å². The summed E-state index contributed by atoms with van der Waals surface area (Å²) in [7, 11) is 0. The van der Waals surface area contributed by atoms with Gasteiger partial charge in [-0.15, -0.1) is 0 Å². The molecule has 1 unspecified atom stereocenters. The molecule has 1 aromatic carbocycles. The van der Waals surface area contributed by atoms with E-state index in [1.807, 2.05) is 35.0 Å². The Kier molecular flexibility index (Phi) is 3.97. The van der Waals surface area contributed by atoms with Crippen molar-refractivity contribution in [2.24, 2.45) is 0 Å². The number of aromatic nitrogens is 2. The Balaban J connectivity index is 2.11. The molecule has 0 aliphatic rings. The van der Waals surface area contributed by atoms with E-state index in [4.69, 9.17) is 0 Å². The van der Waals surface area contributed by atoms with E-state index in [0.29, 0.717) is 6.54 Å². The maximum atomic E-state index is 10.1. The Hall–Kier alpha value is -1.13. The molecular weight excluding hydrogens is 280 g/mol. The molecule has 17 heavy (non-hydrogen) atoms. The van der Waals surface area contributed by atoms with Crippen molar-refractivity contribution in [2.45, 2.75) is 26.0 Å². The van der Waals surface area contributed by atoms with Crippen molar-refractivity contribution < 1.29 is 5.11 Å². The molecule has 1 N–H and O–H groups in total. The number of halogens is 1. The van der Waals surface area contributed by atoms with Crippen molar-refractivity contribution >= 4 is 15.9 Å². The normalized spacial score (nSPS) is 12.6. The average Bonchev–Trinajstić information content (AvgIpc) is 2.77. The summed E-state index contributed by atoms with van der Waals surface area (Å²) < 4.78 is 3.01. The topological polar surface area (TPSA) is 38.0 Å². The van der Waals surface area contributed by atoms with Crippen LogP contribution >= 0.6 is 15.9 Å². The van der Waals surface area contributed by atoms with Gasteiger partial charge in [-0.1, -0.05) is 35.0 Å². The number of nitrogens with zero attached hydrogens (tertiary/aromatic N) is 2. The fourth-order valence-corrected chi connectivity index (χ4v) is 2.06. The summed E-state index contributed by atoms with van der Waals surface area (Å²) in [5, 5.41) is 10.1. The van der Waals surface area contributed by atoms with Crippen molar-refractivity contribution in [2.75, 3.05) is 0 Å². The molecule has 1 heterocycles. The number of hydrogen-bond donors (Lipinski definition) is 1. The van der Waals surface area contributed by atoms with Gasteiger partial charge in [0.1, 0.15) is 5.82 Å². The standard InChI is InChI=1S/C13H15BrN2O/c1-2-13-15-7-8-16(13)9-12(17)10-3-5-11(14)6-4-10/h3-8,12,17H,2,9H2,1H3. The highest BCUT2D eigenvalue weighted by atomic mass is 79.9. The second-order valence-corrected chi connectivity index (χ2v) is 4.83. The van der Waals surface area contributed by atoms with E-state index < -0.39 is 6.10 Å². The third-order valence-electron chi connectivity index (χ3n) is 2.74. The van der Waals surface area contributed by atoms with Gasteiger partial charge in [-0.2, -0.15) is 0 Å². The predicted octanol–water partition coefficient (Wildman–Crippen LogP) is 2.94. The SMILES string of the molecule is CCc1nccn1CC(O)c1ccc(Br)cc1. The van der Waals surface area contributed by atoms with Crippen LogP contribution in [0.15, 0.2) is 41.1 Å². The Morgan fingerprint density at radius 2 is 2.06 bits per heavy atom. The van der Waals surface area contributed by atoms with E-state index in [1.54, 1.807) is 6.20 Å². The first kappa shape index (κ1) is 12.3. The van der Waals surface area contributed by atoms with Crippen LogP contribution in [-0.2, 0) is 13.0 Å². The molecule has 2 aromatic rings. The molecule has 1 aromatic heterocycles. The minimum atomic E-state index is -0.498. The summed E-state index contributed by atoms with van der Waals surface area (Å²) in [5.74, 6) is 1.00. The molecule has 0 aliphatic heterocycles. The summed E-state index contributed by atoms with van der Waals surface area (Å²) in [5.41, 5.74) is 0.920. The van der Waals surface area contributed by atoms with E-state index >= 15 is 0 Å². The van der Waals surface area contributed by atoms with Crippen LogP contribution in [0.4, 0.5) is 0 Å². The monoisotopic (exact) mass is 294 g/mol. The van der Waals surface area contributed by atoms with Gasteiger partial charge in [-0.3, -0.25) is 0 Å². The molecule has 4 heteroatoms. The first-order chi connectivity index (χ1) is 8.20. The van der Waals surface area contributed by atoms with Crippen molar-refractivity contribution in [3.05, 3.63) is 52.5 Å². The molecule has 0 saturated carbocycles. The largest absolute Gasteiger partial charge is 0.387 e. The number of aryl methyl sites for hydroxylation is 1. The van der Waals surface area contributed by atoms with Crippen LogP contribution in [-0.4, -0.2) is 14.7 Å². The highest BCUT2D eigenvalue weighted by Crippen LogP contribution is 2.18. The zero-order chi connectivity index (χ0) is 12.3. The lowest BCUT2D eigenvalue weighted by Crippen LogP contribution is -2.10. The van der Waals surface area contributed by atoms with E-state index in [2.05, 4.69) is 27.8 Å². The predicted molar refractivity (Wildman–Crippen MR) is 70.7 cm³/mol. The number of aliphatic hydroxyl groups is 1. The average molecular weight is 295 g/mol. The molecule has 2 rings (SSSR count). The molecule has 0 fully saturated rings. The molecule has 0 saturated heterocycles. The Morgan fingerprint density at radius 1 is 1.35 bits per heavy atom. The van der Waals surface area contributed by atoms with Crippen LogP contribution in [0.3, 0.4) is 0 Å². The molecule has 1 atom stereocenters. The summed E-state index contributed by atoms with van der Waals surface area (Å²) >= 11 is 3.38. The van der Waals surface area contributed by atoms with Gasteiger partial charge in [-0.25, -0.2) is 4.98 Å². The molecule has 90 valence electrons. The van der Waals surface area contributed by atoms with Gasteiger partial charge >= 0.3 is 0 Å². The van der Waals surface area contributed by atoms with Crippen molar-refractivity contribution in [3.8, 4) is 0 Å². The Morgan fingerprint density at radius 3 is 2.71 bits per heavy atom. The van der Waals surface area contributed by atoms with Crippen LogP contribution in [0.2, 0.25) is 0 Å². The van der Waals surface area contributed by atoms with Gasteiger partial charge in [0.15, 0.2) is 0 Å². The molecule has 0 bridgehead atoms. The van der Waals surface area contributed by atoms with Gasteiger partial charge in [0.05, 0.1) is 12.6 Å². The van der Waals surface area contributed by atoms with Crippen LogP contribution in [0.1, 0.15) is 24.4 Å². The fourth-order valence-electron chi connectivity index (χ4n) is 1.80. The fraction of sp³-hybridized carbons (Fsp3) is 0.308. The van der Waals surface area contributed by atoms with E-state index in [1.165, 1.54) is 0 Å². The highest BCUT2D eigenvalue weighted by Gasteiger charge is 2.10.